The van der Waals surface area contributed by atoms with Crippen LogP contribution in [0.5, 0.6) is 0 Å². The molecule has 2 rings (SSSR count). The van der Waals surface area contributed by atoms with Gasteiger partial charge >= 0.3 is 5.97 Å². The summed E-state index contributed by atoms with van der Waals surface area (Å²) in [5.41, 5.74) is 1.72. The summed E-state index contributed by atoms with van der Waals surface area (Å²) in [5.74, 6) is -0.963. The van der Waals surface area contributed by atoms with Crippen LogP contribution in [-0.4, -0.2) is 36.3 Å². The van der Waals surface area contributed by atoms with Gasteiger partial charge < -0.3 is 9.67 Å². The van der Waals surface area contributed by atoms with Crippen LogP contribution in [0.3, 0.4) is 0 Å². The normalized spacial score (nSPS) is 14.6. The number of aromatic carboxylic acids is 1. The third-order valence-corrected chi connectivity index (χ3v) is 4.17. The van der Waals surface area contributed by atoms with Gasteiger partial charge in [0.15, 0.2) is 0 Å². The molecule has 1 aromatic heterocycles. The third-order valence-electron chi connectivity index (χ3n) is 2.89. The summed E-state index contributed by atoms with van der Waals surface area (Å²) in [6.07, 6.45) is 3.33. The minimum absolute atomic E-state index is 0.0292. The first-order valence-electron chi connectivity index (χ1n) is 5.49. The van der Waals surface area contributed by atoms with Crippen molar-refractivity contribution in [3.63, 3.8) is 0 Å². The molecule has 18 heavy (non-hydrogen) atoms. The largest absolute Gasteiger partial charge is 0.478 e. The summed E-state index contributed by atoms with van der Waals surface area (Å²) in [4.78, 5) is 15.0. The van der Waals surface area contributed by atoms with E-state index in [1.165, 1.54) is 0 Å². The zero-order valence-electron chi connectivity index (χ0n) is 10.2. The quantitative estimate of drug-likeness (QED) is 0.910. The number of hydrogen-bond donors (Lipinski definition) is 1. The average molecular weight is 266 g/mol. The molecule has 0 bridgehead atoms. The van der Waals surface area contributed by atoms with Crippen LogP contribution in [0, 0.1) is 0 Å². The van der Waals surface area contributed by atoms with E-state index in [4.69, 9.17) is 5.11 Å². The Bertz CT molecular complexity index is 621. The zero-order chi connectivity index (χ0) is 13.3. The van der Waals surface area contributed by atoms with E-state index in [1.54, 1.807) is 30.8 Å². The molecule has 5 nitrogen and oxygen atoms in total. The Kier molecular flexibility index (Phi) is 3.47. The summed E-state index contributed by atoms with van der Waals surface area (Å²) in [6.45, 7) is 2.51. The van der Waals surface area contributed by atoms with Crippen molar-refractivity contribution < 1.29 is 14.1 Å². The molecular formula is C12H14N2O3S. The minimum atomic E-state index is -0.963. The number of rotatable bonds is 4. The Balaban J connectivity index is 2.37. The molecule has 1 N–H and O–H groups in total. The van der Waals surface area contributed by atoms with Gasteiger partial charge in [-0.3, -0.25) is 4.21 Å². The van der Waals surface area contributed by atoms with Gasteiger partial charge in [0.25, 0.3) is 0 Å². The molecule has 0 fully saturated rings. The molecule has 0 spiro atoms. The summed E-state index contributed by atoms with van der Waals surface area (Å²) in [6, 6.07) is 4.83. The first kappa shape index (κ1) is 12.8. The second-order valence-corrected chi connectivity index (χ2v) is 6.02. The number of nitrogens with zero attached hydrogens (tertiary/aromatic N) is 2. The van der Waals surface area contributed by atoms with Gasteiger partial charge in [-0.1, -0.05) is 0 Å². The first-order valence-corrected chi connectivity index (χ1v) is 7.11. The molecule has 2 aromatic rings. The highest BCUT2D eigenvalue weighted by molar-refractivity contribution is 7.84. The number of benzene rings is 1. The van der Waals surface area contributed by atoms with Crippen molar-refractivity contribution in [1.29, 1.82) is 0 Å². The lowest BCUT2D eigenvalue weighted by Crippen LogP contribution is -2.16. The number of carbonyl (C=O) groups is 1. The smallest absolute Gasteiger partial charge is 0.335 e. The standard InChI is InChI=1S/C12H14N2O3S/c1-8(18(2)17)6-14-7-13-10-5-9(12(15)16)3-4-11(10)14/h3-5,7-8H,6H2,1-2H3,(H,15,16). The Morgan fingerprint density at radius 1 is 1.56 bits per heavy atom. The highest BCUT2D eigenvalue weighted by Crippen LogP contribution is 2.16. The number of hydrogen-bond acceptors (Lipinski definition) is 3. The van der Waals surface area contributed by atoms with Gasteiger partial charge in [-0.05, 0) is 25.1 Å². The van der Waals surface area contributed by atoms with E-state index in [0.717, 1.165) is 5.52 Å². The van der Waals surface area contributed by atoms with E-state index in [0.29, 0.717) is 12.1 Å². The number of imidazole rings is 1. The second kappa shape index (κ2) is 4.89. The molecule has 1 heterocycles. The van der Waals surface area contributed by atoms with Crippen LogP contribution >= 0.6 is 0 Å². The van der Waals surface area contributed by atoms with Crippen LogP contribution in [-0.2, 0) is 17.3 Å². The number of carboxylic acid groups (broad SMARTS) is 1. The second-order valence-electron chi connectivity index (χ2n) is 4.21. The number of fused-ring (bicyclic) bond motifs is 1. The summed E-state index contributed by atoms with van der Waals surface area (Å²) < 4.78 is 13.2. The van der Waals surface area contributed by atoms with Crippen LogP contribution in [0.4, 0.5) is 0 Å². The van der Waals surface area contributed by atoms with Crippen LogP contribution < -0.4 is 0 Å². The van der Waals surface area contributed by atoms with Gasteiger partial charge in [0.2, 0.25) is 0 Å². The third kappa shape index (κ3) is 2.43. The molecular weight excluding hydrogens is 252 g/mol. The molecule has 0 amide bonds. The van der Waals surface area contributed by atoms with Gasteiger partial charge in [-0.2, -0.15) is 0 Å². The molecule has 0 aliphatic heterocycles. The van der Waals surface area contributed by atoms with Gasteiger partial charge in [0.1, 0.15) is 0 Å². The van der Waals surface area contributed by atoms with E-state index in [-0.39, 0.29) is 10.8 Å². The number of carboxylic acids is 1. The lowest BCUT2D eigenvalue weighted by molar-refractivity contribution is 0.0697. The minimum Gasteiger partial charge on any atom is -0.478 e. The highest BCUT2D eigenvalue weighted by Gasteiger charge is 2.11. The van der Waals surface area contributed by atoms with Crippen molar-refractivity contribution in [3.8, 4) is 0 Å². The Morgan fingerprint density at radius 2 is 2.28 bits per heavy atom. The van der Waals surface area contributed by atoms with Crippen LogP contribution in [0.25, 0.3) is 11.0 Å². The topological polar surface area (TPSA) is 72.2 Å². The number of aromatic nitrogens is 2. The fourth-order valence-electron chi connectivity index (χ4n) is 1.72. The SMILES string of the molecule is CC(Cn1cnc2cc(C(=O)O)ccc21)S(C)=O. The van der Waals surface area contributed by atoms with Crippen molar-refractivity contribution >= 4 is 27.8 Å². The molecule has 0 saturated carbocycles. The van der Waals surface area contributed by atoms with E-state index in [9.17, 15) is 9.00 Å². The predicted molar refractivity (Wildman–Crippen MR) is 70.2 cm³/mol. The molecule has 1 aromatic carbocycles. The maximum Gasteiger partial charge on any atom is 0.335 e. The summed E-state index contributed by atoms with van der Waals surface area (Å²) in [5, 5.41) is 8.92. The van der Waals surface area contributed by atoms with E-state index >= 15 is 0 Å². The molecule has 2 unspecified atom stereocenters. The molecule has 96 valence electrons. The molecule has 2 atom stereocenters. The Hall–Kier alpha value is -1.69. The van der Waals surface area contributed by atoms with Crippen molar-refractivity contribution in [3.05, 3.63) is 30.1 Å². The fraction of sp³-hybridized carbons (Fsp3) is 0.333. The lowest BCUT2D eigenvalue weighted by atomic mass is 10.2. The van der Waals surface area contributed by atoms with Crippen molar-refractivity contribution in [2.24, 2.45) is 0 Å². The monoisotopic (exact) mass is 266 g/mol. The molecule has 0 aliphatic rings. The molecule has 0 saturated heterocycles. The first-order chi connectivity index (χ1) is 8.49. The van der Waals surface area contributed by atoms with Crippen LogP contribution in [0.15, 0.2) is 24.5 Å². The molecule has 0 aliphatic carbocycles. The molecule has 6 heteroatoms. The molecule has 0 radical (unpaired) electrons. The predicted octanol–water partition coefficient (Wildman–Crippen LogP) is 1.50. The van der Waals surface area contributed by atoms with Gasteiger partial charge in [-0.25, -0.2) is 9.78 Å². The van der Waals surface area contributed by atoms with Crippen LogP contribution in [0.1, 0.15) is 17.3 Å². The van der Waals surface area contributed by atoms with Gasteiger partial charge in [0, 0.05) is 28.9 Å². The summed E-state index contributed by atoms with van der Waals surface area (Å²) >= 11 is 0. The van der Waals surface area contributed by atoms with E-state index in [1.807, 2.05) is 11.5 Å². The van der Waals surface area contributed by atoms with Gasteiger partial charge in [-0.15, -0.1) is 0 Å². The Morgan fingerprint density at radius 3 is 2.89 bits per heavy atom. The zero-order valence-corrected chi connectivity index (χ0v) is 11.0. The Labute approximate surface area is 107 Å². The van der Waals surface area contributed by atoms with Crippen LogP contribution in [0.2, 0.25) is 0 Å². The van der Waals surface area contributed by atoms with Crippen molar-refractivity contribution in [2.75, 3.05) is 6.26 Å². The van der Waals surface area contributed by atoms with Crippen molar-refractivity contribution in [2.45, 2.75) is 18.7 Å². The maximum atomic E-state index is 11.3. The van der Waals surface area contributed by atoms with Crippen molar-refractivity contribution in [1.82, 2.24) is 9.55 Å². The summed E-state index contributed by atoms with van der Waals surface area (Å²) in [7, 11) is -0.892. The lowest BCUT2D eigenvalue weighted by Gasteiger charge is -2.09. The average Bonchev–Trinajstić information content (AvgIpc) is 2.71. The van der Waals surface area contributed by atoms with Gasteiger partial charge in [0.05, 0.1) is 22.9 Å². The van der Waals surface area contributed by atoms with E-state index < -0.39 is 16.8 Å². The maximum absolute atomic E-state index is 11.3. The van der Waals surface area contributed by atoms with E-state index in [2.05, 4.69) is 4.98 Å². The fourth-order valence-corrected chi connectivity index (χ4v) is 2.09. The highest BCUT2D eigenvalue weighted by atomic mass is 32.2.